The van der Waals surface area contributed by atoms with Crippen molar-refractivity contribution in [2.75, 3.05) is 7.05 Å². The Kier molecular flexibility index (Phi) is 2.45. The summed E-state index contributed by atoms with van der Waals surface area (Å²) in [5.74, 6) is 0.352. The number of aliphatic imine (C=N–C) groups is 1. The summed E-state index contributed by atoms with van der Waals surface area (Å²) in [6, 6.07) is 9.52. The van der Waals surface area contributed by atoms with Crippen LogP contribution in [0.1, 0.15) is 5.56 Å². The molecule has 0 saturated carbocycles. The minimum Gasteiger partial charge on any atom is -0.297 e. The zero-order chi connectivity index (χ0) is 13.5. The molecule has 3 rings (SSSR count). The van der Waals surface area contributed by atoms with Gasteiger partial charge in [0.15, 0.2) is 11.3 Å². The number of amides is 1. The lowest BCUT2D eigenvalue weighted by Gasteiger charge is -2.19. The highest BCUT2D eigenvalue weighted by atomic mass is 16.2. The number of likely N-dealkylation sites (N-methyl/N-ethyl adjacent to an activating group) is 1. The number of benzene rings is 1. The van der Waals surface area contributed by atoms with E-state index in [4.69, 9.17) is 0 Å². The Balaban J connectivity index is 2.08. The molecule has 0 saturated heterocycles. The number of allylic oxidation sites excluding steroid dienone is 2. The zero-order valence-corrected chi connectivity index (χ0v) is 10.4. The Labute approximate surface area is 110 Å². The van der Waals surface area contributed by atoms with E-state index in [1.807, 2.05) is 30.3 Å². The van der Waals surface area contributed by atoms with E-state index < -0.39 is 5.54 Å². The van der Waals surface area contributed by atoms with E-state index in [-0.39, 0.29) is 11.7 Å². The van der Waals surface area contributed by atoms with Crippen molar-refractivity contribution in [3.8, 4) is 0 Å². The van der Waals surface area contributed by atoms with Crippen molar-refractivity contribution >= 4 is 17.5 Å². The fraction of sp³-hybridized carbons (Fsp3) is 0.133. The molecule has 1 amide bonds. The van der Waals surface area contributed by atoms with Gasteiger partial charge in [-0.25, -0.2) is 4.99 Å². The van der Waals surface area contributed by atoms with Crippen molar-refractivity contribution in [3.05, 3.63) is 60.2 Å². The molecule has 1 spiro atoms. The van der Waals surface area contributed by atoms with Gasteiger partial charge in [-0.15, -0.1) is 0 Å². The Morgan fingerprint density at radius 1 is 1.05 bits per heavy atom. The first kappa shape index (κ1) is 11.6. The highest BCUT2D eigenvalue weighted by Gasteiger charge is 2.44. The quantitative estimate of drug-likeness (QED) is 0.757. The maximum Gasteiger partial charge on any atom is 0.263 e. The van der Waals surface area contributed by atoms with E-state index in [0.29, 0.717) is 5.84 Å². The standard InChI is InChI=1S/C15H12N2O2/c1-17-13(11-5-3-2-4-6-11)16-15(14(17)19)9-7-12(18)8-10-15/h2-10H,1H3. The molecule has 19 heavy (non-hydrogen) atoms. The van der Waals surface area contributed by atoms with Gasteiger partial charge in [-0.2, -0.15) is 0 Å². The maximum absolute atomic E-state index is 12.4. The Hall–Kier alpha value is -2.49. The van der Waals surface area contributed by atoms with Gasteiger partial charge in [0, 0.05) is 12.6 Å². The number of ketones is 1. The van der Waals surface area contributed by atoms with Crippen molar-refractivity contribution in [1.29, 1.82) is 0 Å². The van der Waals surface area contributed by atoms with E-state index in [2.05, 4.69) is 4.99 Å². The lowest BCUT2D eigenvalue weighted by molar-refractivity contribution is -0.127. The van der Waals surface area contributed by atoms with Crippen LogP contribution in [-0.2, 0) is 9.59 Å². The molecule has 1 aliphatic carbocycles. The smallest absolute Gasteiger partial charge is 0.263 e. The summed E-state index contributed by atoms with van der Waals surface area (Å²) in [5, 5.41) is 0. The SMILES string of the molecule is CN1C(=O)C2(C=CC(=O)C=C2)N=C1c1ccccc1. The van der Waals surface area contributed by atoms with Gasteiger partial charge in [0.2, 0.25) is 0 Å². The van der Waals surface area contributed by atoms with Crippen LogP contribution in [0.4, 0.5) is 0 Å². The topological polar surface area (TPSA) is 49.7 Å². The van der Waals surface area contributed by atoms with Crippen molar-refractivity contribution in [3.63, 3.8) is 0 Å². The van der Waals surface area contributed by atoms with Gasteiger partial charge in [0.25, 0.3) is 5.91 Å². The monoisotopic (exact) mass is 252 g/mol. The van der Waals surface area contributed by atoms with Crippen molar-refractivity contribution < 1.29 is 9.59 Å². The number of carbonyl (C=O) groups is 2. The third-order valence-corrected chi connectivity index (χ3v) is 3.29. The third kappa shape index (κ3) is 1.73. The Morgan fingerprint density at radius 2 is 1.68 bits per heavy atom. The second-order valence-corrected chi connectivity index (χ2v) is 4.56. The van der Waals surface area contributed by atoms with Gasteiger partial charge in [-0.05, 0) is 24.3 Å². The van der Waals surface area contributed by atoms with E-state index in [1.165, 1.54) is 17.1 Å². The predicted octanol–water partition coefficient (Wildman–Crippen LogP) is 1.34. The average Bonchev–Trinajstić information content (AvgIpc) is 2.69. The van der Waals surface area contributed by atoms with Crippen molar-refractivity contribution in [2.24, 2.45) is 4.99 Å². The summed E-state index contributed by atoms with van der Waals surface area (Å²) in [7, 11) is 1.70. The highest BCUT2D eigenvalue weighted by Crippen LogP contribution is 2.29. The Morgan fingerprint density at radius 3 is 2.32 bits per heavy atom. The van der Waals surface area contributed by atoms with Gasteiger partial charge in [0.05, 0.1) is 0 Å². The molecule has 0 atom stereocenters. The average molecular weight is 252 g/mol. The van der Waals surface area contributed by atoms with E-state index in [0.717, 1.165) is 5.56 Å². The molecule has 2 aliphatic rings. The first-order valence-electron chi connectivity index (χ1n) is 5.98. The van der Waals surface area contributed by atoms with Crippen LogP contribution in [0.2, 0.25) is 0 Å². The molecule has 0 aromatic heterocycles. The second kappa shape index (κ2) is 4.02. The summed E-state index contributed by atoms with van der Waals surface area (Å²) in [6.07, 6.45) is 5.90. The number of hydrogen-bond acceptors (Lipinski definition) is 3. The van der Waals surface area contributed by atoms with Gasteiger partial charge in [-0.1, -0.05) is 30.3 Å². The molecule has 0 bridgehead atoms. The molecule has 1 aliphatic heterocycles. The molecular formula is C15H12N2O2. The minimum atomic E-state index is -1.05. The summed E-state index contributed by atoms with van der Waals surface area (Å²) >= 11 is 0. The molecule has 4 nitrogen and oxygen atoms in total. The predicted molar refractivity (Wildman–Crippen MR) is 71.8 cm³/mol. The van der Waals surface area contributed by atoms with E-state index in [1.54, 1.807) is 19.2 Å². The van der Waals surface area contributed by atoms with Crippen LogP contribution in [-0.4, -0.2) is 35.0 Å². The highest BCUT2D eigenvalue weighted by molar-refractivity contribution is 6.18. The van der Waals surface area contributed by atoms with E-state index >= 15 is 0 Å². The van der Waals surface area contributed by atoms with Crippen LogP contribution in [0, 0.1) is 0 Å². The molecular weight excluding hydrogens is 240 g/mol. The fourth-order valence-corrected chi connectivity index (χ4v) is 2.25. The minimum absolute atomic E-state index is 0.121. The summed E-state index contributed by atoms with van der Waals surface area (Å²) in [6.45, 7) is 0. The Bertz CT molecular complexity index is 625. The lowest BCUT2D eigenvalue weighted by atomic mass is 9.94. The number of carbonyl (C=O) groups excluding carboxylic acids is 2. The van der Waals surface area contributed by atoms with Gasteiger partial charge in [-0.3, -0.25) is 14.5 Å². The van der Waals surface area contributed by atoms with Crippen LogP contribution in [0.25, 0.3) is 0 Å². The third-order valence-electron chi connectivity index (χ3n) is 3.29. The van der Waals surface area contributed by atoms with Crippen molar-refractivity contribution in [1.82, 2.24) is 4.90 Å². The number of hydrogen-bond donors (Lipinski definition) is 0. The van der Waals surface area contributed by atoms with Crippen molar-refractivity contribution in [2.45, 2.75) is 5.54 Å². The molecule has 1 aromatic rings. The van der Waals surface area contributed by atoms with Crippen LogP contribution < -0.4 is 0 Å². The molecule has 1 aromatic carbocycles. The molecule has 0 fully saturated rings. The molecule has 4 heteroatoms. The molecule has 94 valence electrons. The summed E-state index contributed by atoms with van der Waals surface area (Å²) in [5.41, 5.74) is -0.165. The fourth-order valence-electron chi connectivity index (χ4n) is 2.25. The molecule has 0 unspecified atom stereocenters. The maximum atomic E-state index is 12.4. The first-order valence-corrected chi connectivity index (χ1v) is 5.98. The second-order valence-electron chi connectivity index (χ2n) is 4.56. The summed E-state index contributed by atoms with van der Waals surface area (Å²) < 4.78 is 0. The number of amidine groups is 1. The first-order chi connectivity index (χ1) is 9.12. The van der Waals surface area contributed by atoms with Gasteiger partial charge in [0.1, 0.15) is 5.84 Å². The molecule has 1 heterocycles. The van der Waals surface area contributed by atoms with Gasteiger partial charge >= 0.3 is 0 Å². The zero-order valence-electron chi connectivity index (χ0n) is 10.4. The number of nitrogens with zero attached hydrogens (tertiary/aromatic N) is 2. The molecule has 0 radical (unpaired) electrons. The largest absolute Gasteiger partial charge is 0.297 e. The normalized spacial score (nSPS) is 20.3. The van der Waals surface area contributed by atoms with Crippen LogP contribution in [0.5, 0.6) is 0 Å². The molecule has 0 N–H and O–H groups in total. The van der Waals surface area contributed by atoms with Crippen LogP contribution in [0.3, 0.4) is 0 Å². The van der Waals surface area contributed by atoms with E-state index in [9.17, 15) is 9.59 Å². The lowest BCUT2D eigenvalue weighted by Crippen LogP contribution is -2.39. The number of rotatable bonds is 1. The van der Waals surface area contributed by atoms with Crippen LogP contribution in [0.15, 0.2) is 59.6 Å². The van der Waals surface area contributed by atoms with Crippen LogP contribution >= 0.6 is 0 Å². The van der Waals surface area contributed by atoms with Gasteiger partial charge < -0.3 is 0 Å². The summed E-state index contributed by atoms with van der Waals surface area (Å²) in [4.78, 5) is 29.6.